The second-order valence-corrected chi connectivity index (χ2v) is 10.9. The fraction of sp³-hybridized carbons (Fsp3) is 0.593. The van der Waals surface area contributed by atoms with Crippen LogP contribution in [0.15, 0.2) is 30.3 Å². The predicted molar refractivity (Wildman–Crippen MR) is 126 cm³/mol. The molecular weight excluding hydrogens is 500 g/mol. The lowest BCUT2D eigenvalue weighted by molar-refractivity contribution is -0.185. The Morgan fingerprint density at radius 2 is 1.68 bits per heavy atom. The van der Waals surface area contributed by atoms with E-state index in [2.05, 4.69) is 5.32 Å². The van der Waals surface area contributed by atoms with Gasteiger partial charge in [0.2, 0.25) is 0 Å². The van der Waals surface area contributed by atoms with Crippen molar-refractivity contribution in [1.29, 1.82) is 0 Å². The van der Waals surface area contributed by atoms with Crippen LogP contribution in [0.5, 0.6) is 5.75 Å². The third kappa shape index (κ3) is 5.54. The van der Waals surface area contributed by atoms with Gasteiger partial charge in [-0.05, 0) is 72.9 Å². The zero-order valence-corrected chi connectivity index (χ0v) is 20.8. The first-order valence-corrected chi connectivity index (χ1v) is 12.4. The van der Waals surface area contributed by atoms with E-state index in [9.17, 15) is 36.2 Å². The summed E-state index contributed by atoms with van der Waals surface area (Å²) in [7, 11) is 0. The van der Waals surface area contributed by atoms with Crippen LogP contribution in [0.4, 0.5) is 26.3 Å². The Hall–Kier alpha value is -2.49. The normalized spacial score (nSPS) is 26.9. The number of hydrogen-bond acceptors (Lipinski definition) is 3. The van der Waals surface area contributed by atoms with Gasteiger partial charge in [0.1, 0.15) is 11.3 Å². The van der Waals surface area contributed by atoms with Crippen LogP contribution in [-0.2, 0) is 11.0 Å². The average Bonchev–Trinajstić information content (AvgIpc) is 2.79. The number of halogens is 6. The van der Waals surface area contributed by atoms with Gasteiger partial charge < -0.3 is 15.2 Å². The first-order chi connectivity index (χ1) is 17.1. The van der Waals surface area contributed by atoms with E-state index >= 15 is 0 Å². The molecule has 4 nitrogen and oxygen atoms in total. The number of ether oxygens (including phenoxy) is 1. The molecule has 3 atom stereocenters. The number of hydrogen-bond donors (Lipinski definition) is 2. The minimum atomic E-state index is -4.74. The maximum Gasteiger partial charge on any atom is 0.420 e. The summed E-state index contributed by atoms with van der Waals surface area (Å²) in [5.41, 5.74) is -0.831. The Morgan fingerprint density at radius 3 is 2.22 bits per heavy atom. The van der Waals surface area contributed by atoms with E-state index < -0.39 is 47.2 Å². The smallest absolute Gasteiger partial charge is 0.420 e. The van der Waals surface area contributed by atoms with Gasteiger partial charge in [0.05, 0.1) is 17.9 Å². The molecule has 2 N–H and O–H groups in total. The first kappa shape index (κ1) is 27.5. The van der Waals surface area contributed by atoms with Gasteiger partial charge in [0, 0.05) is 12.1 Å². The molecule has 0 aromatic heterocycles. The Bertz CT molecular complexity index is 1150. The number of fused-ring (bicyclic) bond motifs is 1. The molecule has 0 unspecified atom stereocenters. The fourth-order valence-electron chi connectivity index (χ4n) is 5.69. The molecule has 2 aromatic carbocycles. The fourth-order valence-corrected chi connectivity index (χ4v) is 5.69. The van der Waals surface area contributed by atoms with Crippen molar-refractivity contribution in [3.63, 3.8) is 0 Å². The number of carboxylic acids is 1. The van der Waals surface area contributed by atoms with Crippen molar-refractivity contribution in [3.8, 4) is 5.75 Å². The van der Waals surface area contributed by atoms with Crippen molar-refractivity contribution in [2.24, 2.45) is 17.3 Å². The monoisotopic (exact) mass is 531 g/mol. The van der Waals surface area contributed by atoms with Gasteiger partial charge in [0.15, 0.2) is 0 Å². The van der Waals surface area contributed by atoms with Crippen LogP contribution in [0.3, 0.4) is 0 Å². The van der Waals surface area contributed by atoms with E-state index in [0.717, 1.165) is 0 Å². The summed E-state index contributed by atoms with van der Waals surface area (Å²) in [4.78, 5) is 11.4. The largest absolute Gasteiger partial charge is 0.490 e. The van der Waals surface area contributed by atoms with Gasteiger partial charge in [-0.3, -0.25) is 4.79 Å². The standard InChI is InChI=1S/C27H31F6NO3/c1-14(34-22-13-20(24(35)36)25(22,2)3)16-5-4-15-6-11-21(23(19(15)12-16)27(31,32)33)37-18-9-7-17(8-10-18)26(28,29)30/h4-6,11-12,14,17-18,20,22,34H,7-10,13H2,1-3H3,(H,35,36)/t14-,17-,18+,20-,22-/m1/s1. The Kier molecular flexibility index (Phi) is 7.20. The van der Waals surface area contributed by atoms with Crippen molar-refractivity contribution in [3.05, 3.63) is 41.5 Å². The number of carboxylic acid groups (broad SMARTS) is 1. The van der Waals surface area contributed by atoms with Crippen LogP contribution in [0.1, 0.15) is 70.0 Å². The molecule has 2 aliphatic carbocycles. The molecule has 2 aromatic rings. The van der Waals surface area contributed by atoms with Gasteiger partial charge >= 0.3 is 18.3 Å². The molecule has 2 aliphatic rings. The number of carbonyl (C=O) groups is 1. The molecule has 0 heterocycles. The summed E-state index contributed by atoms with van der Waals surface area (Å²) in [5.74, 6) is -3.18. The molecule has 0 radical (unpaired) electrons. The lowest BCUT2D eigenvalue weighted by Gasteiger charge is -2.51. The van der Waals surface area contributed by atoms with E-state index in [-0.39, 0.29) is 48.9 Å². The summed E-state index contributed by atoms with van der Waals surface area (Å²) in [6.45, 7) is 5.53. The summed E-state index contributed by atoms with van der Waals surface area (Å²) in [5, 5.41) is 13.0. The van der Waals surface area contributed by atoms with Crippen LogP contribution >= 0.6 is 0 Å². The highest BCUT2D eigenvalue weighted by Crippen LogP contribution is 2.48. The zero-order chi connectivity index (χ0) is 27.3. The summed E-state index contributed by atoms with van der Waals surface area (Å²) in [6.07, 6.45) is -9.60. The Morgan fingerprint density at radius 1 is 1.05 bits per heavy atom. The van der Waals surface area contributed by atoms with Crippen LogP contribution in [0, 0.1) is 17.3 Å². The van der Waals surface area contributed by atoms with Crippen LogP contribution in [0.2, 0.25) is 0 Å². The second-order valence-electron chi connectivity index (χ2n) is 10.9. The number of benzene rings is 2. The maximum absolute atomic E-state index is 14.3. The highest BCUT2D eigenvalue weighted by atomic mass is 19.4. The van der Waals surface area contributed by atoms with Crippen molar-refractivity contribution >= 4 is 16.7 Å². The molecule has 2 fully saturated rings. The molecule has 204 valence electrons. The van der Waals surface area contributed by atoms with E-state index in [1.165, 1.54) is 18.2 Å². The summed E-state index contributed by atoms with van der Waals surface area (Å²) >= 11 is 0. The number of aliphatic carboxylic acids is 1. The summed E-state index contributed by atoms with van der Waals surface area (Å²) in [6, 6.07) is 7.11. The maximum atomic E-state index is 14.3. The van der Waals surface area contributed by atoms with Crippen molar-refractivity contribution < 1.29 is 41.0 Å². The van der Waals surface area contributed by atoms with Crippen LogP contribution < -0.4 is 10.1 Å². The van der Waals surface area contributed by atoms with E-state index in [1.807, 2.05) is 20.8 Å². The third-order valence-corrected chi connectivity index (χ3v) is 8.24. The minimum Gasteiger partial charge on any atom is -0.490 e. The second kappa shape index (κ2) is 9.67. The van der Waals surface area contributed by atoms with Gasteiger partial charge in [-0.15, -0.1) is 0 Å². The number of nitrogens with one attached hydrogen (secondary N) is 1. The molecule has 4 rings (SSSR count). The molecule has 0 spiro atoms. The molecular formula is C27H31F6NO3. The third-order valence-electron chi connectivity index (χ3n) is 8.24. The quantitative estimate of drug-likeness (QED) is 0.379. The Labute approximate surface area is 211 Å². The molecule has 0 amide bonds. The highest BCUT2D eigenvalue weighted by molar-refractivity contribution is 5.89. The first-order valence-electron chi connectivity index (χ1n) is 12.4. The van der Waals surface area contributed by atoms with Crippen molar-refractivity contribution in [2.45, 2.75) is 83.4 Å². The van der Waals surface area contributed by atoms with E-state index in [1.54, 1.807) is 12.1 Å². The molecule has 0 bridgehead atoms. The predicted octanol–water partition coefficient (Wildman–Crippen LogP) is 7.51. The molecule has 0 saturated heterocycles. The molecule has 2 saturated carbocycles. The van der Waals surface area contributed by atoms with Crippen LogP contribution in [-0.4, -0.2) is 29.4 Å². The van der Waals surface area contributed by atoms with Gasteiger partial charge in [-0.1, -0.05) is 32.0 Å². The lowest BCUT2D eigenvalue weighted by Crippen LogP contribution is -2.59. The van der Waals surface area contributed by atoms with Crippen LogP contribution in [0.25, 0.3) is 10.8 Å². The number of rotatable bonds is 6. The lowest BCUT2D eigenvalue weighted by atomic mass is 9.58. The minimum absolute atomic E-state index is 0.0367. The zero-order valence-electron chi connectivity index (χ0n) is 20.8. The topological polar surface area (TPSA) is 58.6 Å². The van der Waals surface area contributed by atoms with Crippen molar-refractivity contribution in [1.82, 2.24) is 5.32 Å². The number of alkyl halides is 6. The van der Waals surface area contributed by atoms with E-state index in [4.69, 9.17) is 4.74 Å². The SMILES string of the molecule is C[C@@H](N[C@@H]1C[C@H](C(=O)O)C1(C)C)c1ccc2ccc(O[C@H]3CC[C@@H](C(F)(F)F)CC3)c(C(F)(F)F)c2c1. The van der Waals surface area contributed by atoms with Crippen molar-refractivity contribution in [2.75, 3.05) is 0 Å². The molecule has 37 heavy (non-hydrogen) atoms. The van der Waals surface area contributed by atoms with Gasteiger partial charge in [-0.2, -0.15) is 26.3 Å². The molecule has 0 aliphatic heterocycles. The van der Waals surface area contributed by atoms with Gasteiger partial charge in [0.25, 0.3) is 0 Å². The molecule has 10 heteroatoms. The summed E-state index contributed by atoms with van der Waals surface area (Å²) < 4.78 is 87.4. The highest BCUT2D eigenvalue weighted by Gasteiger charge is 2.52. The Balaban J connectivity index is 1.58. The van der Waals surface area contributed by atoms with E-state index in [0.29, 0.717) is 17.4 Å². The van der Waals surface area contributed by atoms with Gasteiger partial charge in [-0.25, -0.2) is 0 Å². The average molecular weight is 532 g/mol.